The molecular formula is C25H21N5O2S. The molecule has 0 amide bonds. The van der Waals surface area contributed by atoms with Crippen LogP contribution in [-0.4, -0.2) is 31.2 Å². The number of para-hydroxylation sites is 1. The van der Waals surface area contributed by atoms with Crippen molar-refractivity contribution in [2.75, 3.05) is 6.54 Å². The van der Waals surface area contributed by atoms with Gasteiger partial charge in [-0.05, 0) is 35.7 Å². The summed E-state index contributed by atoms with van der Waals surface area (Å²) in [7, 11) is 0. The van der Waals surface area contributed by atoms with Crippen LogP contribution in [0.2, 0.25) is 0 Å². The number of furan rings is 1. The molecule has 0 saturated heterocycles. The highest BCUT2D eigenvalue weighted by Crippen LogP contribution is 2.30. The van der Waals surface area contributed by atoms with E-state index in [-0.39, 0.29) is 5.56 Å². The first kappa shape index (κ1) is 19.9. The van der Waals surface area contributed by atoms with E-state index in [2.05, 4.69) is 32.5 Å². The second kappa shape index (κ2) is 8.31. The van der Waals surface area contributed by atoms with Crippen molar-refractivity contribution in [3.8, 4) is 27.8 Å². The Bertz CT molecular complexity index is 1440. The molecule has 0 fully saturated rings. The highest BCUT2D eigenvalue weighted by Gasteiger charge is 2.24. The summed E-state index contributed by atoms with van der Waals surface area (Å²) in [5.74, 6) is 1.06. The maximum atomic E-state index is 12.8. The van der Waals surface area contributed by atoms with Crippen molar-refractivity contribution in [2.24, 2.45) is 0 Å². The number of aromatic nitrogens is 4. The molecule has 1 N–H and O–H groups in total. The molecule has 1 aliphatic rings. The lowest BCUT2D eigenvalue weighted by Crippen LogP contribution is -2.35. The number of nitrogens with one attached hydrogen (secondary N) is 1. The minimum atomic E-state index is -0.102. The lowest BCUT2D eigenvalue weighted by Gasteiger charge is -2.27. The highest BCUT2D eigenvalue weighted by atomic mass is 32.1. The van der Waals surface area contributed by atoms with Crippen LogP contribution in [0.25, 0.3) is 27.8 Å². The van der Waals surface area contributed by atoms with Gasteiger partial charge < -0.3 is 9.40 Å². The minimum absolute atomic E-state index is 0.102. The normalized spacial score (nSPS) is 13.8. The number of thiophene rings is 1. The number of benzene rings is 1. The molecule has 1 aromatic carbocycles. The molecule has 4 aromatic heterocycles. The van der Waals surface area contributed by atoms with E-state index in [9.17, 15) is 4.79 Å². The van der Waals surface area contributed by atoms with Crippen molar-refractivity contribution in [3.63, 3.8) is 0 Å². The van der Waals surface area contributed by atoms with Gasteiger partial charge in [-0.25, -0.2) is 9.67 Å². The Morgan fingerprint density at radius 2 is 2.00 bits per heavy atom. The summed E-state index contributed by atoms with van der Waals surface area (Å²) < 4.78 is 7.34. The van der Waals surface area contributed by atoms with Gasteiger partial charge in [0.1, 0.15) is 5.69 Å². The van der Waals surface area contributed by atoms with Gasteiger partial charge in [-0.1, -0.05) is 24.3 Å². The number of nitrogens with zero attached hydrogens (tertiary/aromatic N) is 4. The quantitative estimate of drug-likeness (QED) is 0.422. The van der Waals surface area contributed by atoms with Gasteiger partial charge in [-0.15, -0.1) is 11.3 Å². The average Bonchev–Trinajstić information content (AvgIpc) is 3.61. The first-order chi connectivity index (χ1) is 16.2. The number of hydrogen-bond donors (Lipinski definition) is 1. The molecule has 6 rings (SSSR count). The van der Waals surface area contributed by atoms with Gasteiger partial charge in [-0.3, -0.25) is 9.69 Å². The predicted molar refractivity (Wildman–Crippen MR) is 127 cm³/mol. The summed E-state index contributed by atoms with van der Waals surface area (Å²) in [5.41, 5.74) is 4.62. The number of rotatable bonds is 5. The molecule has 33 heavy (non-hydrogen) atoms. The van der Waals surface area contributed by atoms with Crippen LogP contribution in [0.4, 0.5) is 0 Å². The smallest absolute Gasteiger partial charge is 0.256 e. The Labute approximate surface area is 194 Å². The van der Waals surface area contributed by atoms with E-state index in [0.29, 0.717) is 31.1 Å². The lowest BCUT2D eigenvalue weighted by atomic mass is 10.1. The molecule has 0 radical (unpaired) electrons. The van der Waals surface area contributed by atoms with E-state index >= 15 is 0 Å². The van der Waals surface area contributed by atoms with Gasteiger partial charge in [0.05, 0.1) is 28.1 Å². The zero-order valence-electron chi connectivity index (χ0n) is 17.8. The zero-order valence-corrected chi connectivity index (χ0v) is 18.6. The van der Waals surface area contributed by atoms with Crippen LogP contribution in [0.3, 0.4) is 0 Å². The lowest BCUT2D eigenvalue weighted by molar-refractivity contribution is 0.242. The van der Waals surface area contributed by atoms with Crippen LogP contribution in [0.15, 0.2) is 81.6 Å². The first-order valence-corrected chi connectivity index (χ1v) is 11.7. The first-order valence-electron chi connectivity index (χ1n) is 10.8. The van der Waals surface area contributed by atoms with Gasteiger partial charge in [0, 0.05) is 37.8 Å². The fraction of sp³-hybridized carbons (Fsp3) is 0.160. The summed E-state index contributed by atoms with van der Waals surface area (Å²) in [6.07, 6.45) is 4.40. The molecule has 7 nitrogen and oxygen atoms in total. The topological polar surface area (TPSA) is 80.0 Å². The Balaban J connectivity index is 1.30. The summed E-state index contributed by atoms with van der Waals surface area (Å²) in [6.45, 7) is 2.08. The van der Waals surface area contributed by atoms with Crippen LogP contribution < -0.4 is 5.56 Å². The second-order valence-corrected chi connectivity index (χ2v) is 8.99. The molecule has 1 aliphatic heterocycles. The van der Waals surface area contributed by atoms with Crippen LogP contribution in [0.1, 0.15) is 16.8 Å². The Morgan fingerprint density at radius 1 is 1.09 bits per heavy atom. The van der Waals surface area contributed by atoms with E-state index in [0.717, 1.165) is 39.6 Å². The van der Waals surface area contributed by atoms with Crippen LogP contribution in [0, 0.1) is 0 Å². The van der Waals surface area contributed by atoms with E-state index < -0.39 is 0 Å². The number of aromatic amines is 1. The van der Waals surface area contributed by atoms with E-state index in [1.165, 1.54) is 0 Å². The molecule has 5 heterocycles. The van der Waals surface area contributed by atoms with E-state index in [1.807, 2.05) is 41.1 Å². The third kappa shape index (κ3) is 3.83. The summed E-state index contributed by atoms with van der Waals surface area (Å²) in [4.78, 5) is 23.8. The third-order valence-corrected chi connectivity index (χ3v) is 6.74. The monoisotopic (exact) mass is 455 g/mol. The Morgan fingerprint density at radius 3 is 2.79 bits per heavy atom. The van der Waals surface area contributed by atoms with Crippen molar-refractivity contribution < 1.29 is 4.42 Å². The predicted octanol–water partition coefficient (Wildman–Crippen LogP) is 4.50. The van der Waals surface area contributed by atoms with Crippen molar-refractivity contribution in [2.45, 2.75) is 19.5 Å². The molecule has 0 spiro atoms. The molecule has 8 heteroatoms. The SMILES string of the molecule is O=c1[nH]c(-c2ccco2)nc2c1CN(Cc1cn(-c3ccccc3)nc1-c1cccs1)CC2. The van der Waals surface area contributed by atoms with Crippen LogP contribution in [-0.2, 0) is 19.5 Å². The molecule has 0 unspecified atom stereocenters. The van der Waals surface area contributed by atoms with Gasteiger partial charge in [0.15, 0.2) is 11.6 Å². The van der Waals surface area contributed by atoms with E-state index in [1.54, 1.807) is 29.7 Å². The molecular weight excluding hydrogens is 434 g/mol. The molecule has 164 valence electrons. The van der Waals surface area contributed by atoms with Crippen molar-refractivity contribution in [1.29, 1.82) is 0 Å². The Kier molecular flexibility index (Phi) is 5.01. The standard InChI is InChI=1S/C25H21N5O2S/c31-25-19-16-29(11-10-20(19)26-24(27-25)21-8-4-12-32-21)14-17-15-30(18-6-2-1-3-7-18)28-23(17)22-9-5-13-33-22/h1-9,12-13,15H,10-11,14,16H2,(H,26,27,31). The summed E-state index contributed by atoms with van der Waals surface area (Å²) in [6, 6.07) is 17.9. The molecule has 0 saturated carbocycles. The van der Waals surface area contributed by atoms with Gasteiger partial charge in [0.25, 0.3) is 5.56 Å². The molecule has 5 aromatic rings. The Hall–Kier alpha value is -3.75. The van der Waals surface area contributed by atoms with Gasteiger partial charge in [0.2, 0.25) is 0 Å². The van der Waals surface area contributed by atoms with Crippen molar-refractivity contribution in [1.82, 2.24) is 24.6 Å². The highest BCUT2D eigenvalue weighted by molar-refractivity contribution is 7.13. The van der Waals surface area contributed by atoms with Gasteiger partial charge >= 0.3 is 0 Å². The van der Waals surface area contributed by atoms with Crippen LogP contribution in [0.5, 0.6) is 0 Å². The second-order valence-electron chi connectivity index (χ2n) is 8.04. The summed E-state index contributed by atoms with van der Waals surface area (Å²) in [5, 5.41) is 6.97. The largest absolute Gasteiger partial charge is 0.461 e. The summed E-state index contributed by atoms with van der Waals surface area (Å²) >= 11 is 1.68. The van der Waals surface area contributed by atoms with Crippen molar-refractivity contribution >= 4 is 11.3 Å². The molecule has 0 bridgehead atoms. The number of H-pyrrole nitrogens is 1. The fourth-order valence-electron chi connectivity index (χ4n) is 4.25. The maximum Gasteiger partial charge on any atom is 0.256 e. The maximum absolute atomic E-state index is 12.8. The van der Waals surface area contributed by atoms with Gasteiger partial charge in [-0.2, -0.15) is 5.10 Å². The minimum Gasteiger partial charge on any atom is -0.461 e. The average molecular weight is 456 g/mol. The van der Waals surface area contributed by atoms with Crippen LogP contribution >= 0.6 is 11.3 Å². The number of fused-ring (bicyclic) bond motifs is 1. The zero-order chi connectivity index (χ0) is 22.2. The van der Waals surface area contributed by atoms with E-state index in [4.69, 9.17) is 9.52 Å². The fourth-order valence-corrected chi connectivity index (χ4v) is 4.99. The molecule has 0 atom stereocenters. The molecule has 0 aliphatic carbocycles. The van der Waals surface area contributed by atoms with Crippen molar-refractivity contribution in [3.05, 3.63) is 99.6 Å². The third-order valence-electron chi connectivity index (χ3n) is 5.86. The number of hydrogen-bond acceptors (Lipinski definition) is 6.